The van der Waals surface area contributed by atoms with E-state index in [1.165, 1.54) is 12.8 Å². The van der Waals surface area contributed by atoms with Gasteiger partial charge in [0.25, 0.3) is 0 Å². The minimum atomic E-state index is -0.549. The summed E-state index contributed by atoms with van der Waals surface area (Å²) < 4.78 is 0. The molecule has 0 radical (unpaired) electrons. The molecule has 1 aliphatic heterocycles. The van der Waals surface area contributed by atoms with Crippen LogP contribution in [0.3, 0.4) is 0 Å². The Balaban J connectivity index is 1.42. The summed E-state index contributed by atoms with van der Waals surface area (Å²) in [4.78, 5) is 29.0. The molecule has 1 unspecified atom stereocenters. The van der Waals surface area contributed by atoms with Gasteiger partial charge in [-0.3, -0.25) is 9.59 Å². The van der Waals surface area contributed by atoms with Crippen LogP contribution in [0.15, 0.2) is 30.3 Å². The molecule has 1 aromatic carbocycles. The van der Waals surface area contributed by atoms with E-state index in [4.69, 9.17) is 0 Å². The molecule has 3 rings (SSSR count). The maximum atomic E-state index is 12.7. The van der Waals surface area contributed by atoms with Gasteiger partial charge in [-0.2, -0.15) is 0 Å². The first-order chi connectivity index (χ1) is 13.1. The van der Waals surface area contributed by atoms with Crippen LogP contribution >= 0.6 is 0 Å². The number of piperidine rings is 1. The van der Waals surface area contributed by atoms with Crippen LogP contribution in [0.25, 0.3) is 0 Å². The number of nitrogens with zero attached hydrogens (tertiary/aromatic N) is 2. The van der Waals surface area contributed by atoms with Gasteiger partial charge in [0.15, 0.2) is 0 Å². The Morgan fingerprint density at radius 2 is 1.70 bits per heavy atom. The van der Waals surface area contributed by atoms with Crippen LogP contribution in [0.5, 0.6) is 0 Å². The smallest absolute Gasteiger partial charge is 0.225 e. The average Bonchev–Trinajstić information content (AvgIpc) is 3.26. The Morgan fingerprint density at radius 1 is 1.07 bits per heavy atom. The number of hydrogen-bond acceptors (Lipinski definition) is 3. The Kier molecular flexibility index (Phi) is 6.89. The summed E-state index contributed by atoms with van der Waals surface area (Å²) in [5.74, 6) is 0.664. The molecular formula is C22H32N2O3. The minimum absolute atomic E-state index is 0.00324. The molecular weight excluding hydrogens is 340 g/mol. The van der Waals surface area contributed by atoms with Crippen molar-refractivity contribution in [2.24, 2.45) is 11.8 Å². The maximum Gasteiger partial charge on any atom is 0.225 e. The van der Waals surface area contributed by atoms with Crippen molar-refractivity contribution >= 4 is 11.8 Å². The molecule has 1 heterocycles. The summed E-state index contributed by atoms with van der Waals surface area (Å²) in [6.07, 6.45) is 5.90. The second kappa shape index (κ2) is 9.36. The summed E-state index contributed by atoms with van der Waals surface area (Å²) in [5, 5.41) is 10.3. The normalized spacial score (nSPS) is 19.9. The molecule has 1 atom stereocenters. The lowest BCUT2D eigenvalue weighted by Crippen LogP contribution is -2.45. The number of likely N-dealkylation sites (tertiary alicyclic amines) is 1. The standard InChI is InChI=1S/C22H32N2O3/c1-23(14-13-20(25)17-7-3-2-4-8-17)21(26)19-11-15-24(16-12-19)22(27)18-9-5-6-10-18/h2-4,7-8,18-20,25H,5-6,9-16H2,1H3. The van der Waals surface area contributed by atoms with E-state index in [0.717, 1.165) is 31.2 Å². The van der Waals surface area contributed by atoms with Crippen LogP contribution in [0.2, 0.25) is 0 Å². The fourth-order valence-corrected chi connectivity index (χ4v) is 4.36. The van der Waals surface area contributed by atoms with Crippen LogP contribution in [0.4, 0.5) is 0 Å². The number of carbonyl (C=O) groups is 2. The lowest BCUT2D eigenvalue weighted by molar-refractivity contribution is -0.142. The zero-order chi connectivity index (χ0) is 19.2. The highest BCUT2D eigenvalue weighted by atomic mass is 16.3. The third-order valence-corrected chi connectivity index (χ3v) is 6.16. The number of aliphatic hydroxyl groups is 1. The maximum absolute atomic E-state index is 12.7. The van der Waals surface area contributed by atoms with E-state index in [2.05, 4.69) is 0 Å². The van der Waals surface area contributed by atoms with Gasteiger partial charge in [0, 0.05) is 38.5 Å². The molecule has 2 aliphatic rings. The molecule has 5 heteroatoms. The van der Waals surface area contributed by atoms with Gasteiger partial charge in [-0.25, -0.2) is 0 Å². The fraction of sp³-hybridized carbons (Fsp3) is 0.636. The van der Waals surface area contributed by atoms with E-state index < -0.39 is 6.10 Å². The Hall–Kier alpha value is -1.88. The summed E-state index contributed by atoms with van der Waals surface area (Å²) >= 11 is 0. The predicted molar refractivity (Wildman–Crippen MR) is 105 cm³/mol. The number of carbonyl (C=O) groups excluding carboxylic acids is 2. The van der Waals surface area contributed by atoms with Gasteiger partial charge in [0.1, 0.15) is 0 Å². The number of amides is 2. The first-order valence-electron chi connectivity index (χ1n) is 10.3. The van der Waals surface area contributed by atoms with Crippen LogP contribution in [0.1, 0.15) is 56.6 Å². The first kappa shape index (κ1) is 19.9. The van der Waals surface area contributed by atoms with Gasteiger partial charge < -0.3 is 14.9 Å². The second-order valence-electron chi connectivity index (χ2n) is 8.06. The van der Waals surface area contributed by atoms with Gasteiger partial charge >= 0.3 is 0 Å². The van der Waals surface area contributed by atoms with Crippen molar-refractivity contribution in [3.8, 4) is 0 Å². The fourth-order valence-electron chi connectivity index (χ4n) is 4.36. The topological polar surface area (TPSA) is 60.9 Å². The third-order valence-electron chi connectivity index (χ3n) is 6.16. The predicted octanol–water partition coefficient (Wildman–Crippen LogP) is 3.00. The molecule has 1 N–H and O–H groups in total. The summed E-state index contributed by atoms with van der Waals surface area (Å²) in [5.41, 5.74) is 0.886. The monoisotopic (exact) mass is 372 g/mol. The van der Waals surface area contributed by atoms with Crippen LogP contribution in [-0.4, -0.2) is 53.4 Å². The highest BCUT2D eigenvalue weighted by Crippen LogP contribution is 2.29. The Bertz CT molecular complexity index is 620. The molecule has 27 heavy (non-hydrogen) atoms. The van der Waals surface area contributed by atoms with Crippen LogP contribution in [-0.2, 0) is 9.59 Å². The lowest BCUT2D eigenvalue weighted by Gasteiger charge is -2.34. The molecule has 1 saturated carbocycles. The van der Waals surface area contributed by atoms with E-state index in [0.29, 0.717) is 32.0 Å². The summed E-state index contributed by atoms with van der Waals surface area (Å²) in [7, 11) is 1.82. The Labute approximate surface area is 162 Å². The number of aliphatic hydroxyl groups excluding tert-OH is 1. The van der Waals surface area contributed by atoms with Crippen molar-refractivity contribution in [1.82, 2.24) is 9.80 Å². The van der Waals surface area contributed by atoms with Crippen molar-refractivity contribution in [1.29, 1.82) is 0 Å². The molecule has 1 aromatic rings. The van der Waals surface area contributed by atoms with Gasteiger partial charge in [-0.15, -0.1) is 0 Å². The molecule has 148 valence electrons. The van der Waals surface area contributed by atoms with Gasteiger partial charge in [-0.05, 0) is 37.7 Å². The van der Waals surface area contributed by atoms with Crippen molar-refractivity contribution in [3.05, 3.63) is 35.9 Å². The molecule has 5 nitrogen and oxygen atoms in total. The first-order valence-corrected chi connectivity index (χ1v) is 10.3. The zero-order valence-electron chi connectivity index (χ0n) is 16.3. The SMILES string of the molecule is CN(CCC(O)c1ccccc1)C(=O)C1CCN(C(=O)C2CCCC2)CC1. The zero-order valence-corrected chi connectivity index (χ0v) is 16.3. The van der Waals surface area contributed by atoms with E-state index >= 15 is 0 Å². The summed E-state index contributed by atoms with van der Waals surface area (Å²) in [6.45, 7) is 1.94. The van der Waals surface area contributed by atoms with Crippen LogP contribution in [0, 0.1) is 11.8 Å². The van der Waals surface area contributed by atoms with E-state index in [9.17, 15) is 14.7 Å². The highest BCUT2D eigenvalue weighted by Gasteiger charge is 2.32. The molecule has 1 saturated heterocycles. The van der Waals surface area contributed by atoms with E-state index in [-0.39, 0.29) is 17.7 Å². The molecule has 2 fully saturated rings. The van der Waals surface area contributed by atoms with Crippen LogP contribution < -0.4 is 0 Å². The van der Waals surface area contributed by atoms with Crippen molar-refractivity contribution in [2.45, 2.75) is 51.0 Å². The van der Waals surface area contributed by atoms with Crippen molar-refractivity contribution < 1.29 is 14.7 Å². The van der Waals surface area contributed by atoms with Gasteiger partial charge in [-0.1, -0.05) is 43.2 Å². The largest absolute Gasteiger partial charge is 0.388 e. The summed E-state index contributed by atoms with van der Waals surface area (Å²) in [6, 6.07) is 9.56. The van der Waals surface area contributed by atoms with E-state index in [1.807, 2.05) is 42.3 Å². The molecule has 0 spiro atoms. The Morgan fingerprint density at radius 3 is 2.33 bits per heavy atom. The number of benzene rings is 1. The minimum Gasteiger partial charge on any atom is -0.388 e. The number of rotatable bonds is 6. The number of hydrogen-bond donors (Lipinski definition) is 1. The van der Waals surface area contributed by atoms with Crippen molar-refractivity contribution in [3.63, 3.8) is 0 Å². The highest BCUT2D eigenvalue weighted by molar-refractivity contribution is 5.81. The molecule has 0 bridgehead atoms. The lowest BCUT2D eigenvalue weighted by atomic mass is 9.94. The third kappa shape index (κ3) is 5.10. The molecule has 0 aromatic heterocycles. The van der Waals surface area contributed by atoms with E-state index in [1.54, 1.807) is 4.90 Å². The van der Waals surface area contributed by atoms with Crippen molar-refractivity contribution in [2.75, 3.05) is 26.7 Å². The average molecular weight is 373 g/mol. The van der Waals surface area contributed by atoms with Gasteiger partial charge in [0.2, 0.25) is 11.8 Å². The van der Waals surface area contributed by atoms with Gasteiger partial charge in [0.05, 0.1) is 6.10 Å². The quantitative estimate of drug-likeness (QED) is 0.835. The molecule has 1 aliphatic carbocycles. The second-order valence-corrected chi connectivity index (χ2v) is 8.06. The molecule has 2 amide bonds.